The summed E-state index contributed by atoms with van der Waals surface area (Å²) in [7, 11) is 0. The first-order valence-corrected chi connectivity index (χ1v) is 6.81. The summed E-state index contributed by atoms with van der Waals surface area (Å²) in [6, 6.07) is 3.79. The Labute approximate surface area is 123 Å². The van der Waals surface area contributed by atoms with Gasteiger partial charge in [0.25, 0.3) is 11.6 Å². The number of nitrogens with zero attached hydrogens (tertiary/aromatic N) is 1. The van der Waals surface area contributed by atoms with E-state index < -0.39 is 10.8 Å². The van der Waals surface area contributed by atoms with Crippen LogP contribution in [0.3, 0.4) is 0 Å². The van der Waals surface area contributed by atoms with Crippen molar-refractivity contribution in [2.24, 2.45) is 5.92 Å². The van der Waals surface area contributed by atoms with Gasteiger partial charge in [0, 0.05) is 31.0 Å². The summed E-state index contributed by atoms with van der Waals surface area (Å²) in [4.78, 5) is 22.0. The maximum atomic E-state index is 11.9. The Kier molecular flexibility index (Phi) is 6.61. The van der Waals surface area contributed by atoms with Crippen LogP contribution in [-0.4, -0.2) is 30.6 Å². The van der Waals surface area contributed by atoms with Gasteiger partial charge in [-0.05, 0) is 18.4 Å². The summed E-state index contributed by atoms with van der Waals surface area (Å²) < 4.78 is 5.37. The maximum absolute atomic E-state index is 11.9. The van der Waals surface area contributed by atoms with Crippen molar-refractivity contribution in [1.29, 1.82) is 0 Å². The number of nitro groups is 1. The zero-order valence-electron chi connectivity index (χ0n) is 12.3. The van der Waals surface area contributed by atoms with Crippen LogP contribution >= 0.6 is 0 Å². The number of carbonyl (C=O) groups is 1. The predicted octanol–water partition coefficient (Wildman–Crippen LogP) is 1.97. The quantitative estimate of drug-likeness (QED) is 0.330. The van der Waals surface area contributed by atoms with Gasteiger partial charge in [-0.25, -0.2) is 0 Å². The molecule has 0 aliphatic carbocycles. The van der Waals surface area contributed by atoms with E-state index in [-0.39, 0.29) is 16.9 Å². The fraction of sp³-hybridized carbons (Fsp3) is 0.500. The summed E-state index contributed by atoms with van der Waals surface area (Å²) in [5.41, 5.74) is 5.81. The van der Waals surface area contributed by atoms with Gasteiger partial charge in [0.15, 0.2) is 0 Å². The smallest absolute Gasteiger partial charge is 0.270 e. The molecule has 21 heavy (non-hydrogen) atoms. The molecule has 7 heteroatoms. The van der Waals surface area contributed by atoms with Gasteiger partial charge in [-0.1, -0.05) is 13.8 Å². The fourth-order valence-corrected chi connectivity index (χ4v) is 1.61. The van der Waals surface area contributed by atoms with Crippen LogP contribution in [0.15, 0.2) is 18.2 Å². The number of anilines is 1. The Morgan fingerprint density at radius 1 is 1.43 bits per heavy atom. The highest BCUT2D eigenvalue weighted by molar-refractivity contribution is 5.99. The number of amides is 1. The number of rotatable bonds is 8. The van der Waals surface area contributed by atoms with E-state index in [0.717, 1.165) is 6.42 Å². The van der Waals surface area contributed by atoms with Crippen molar-refractivity contribution in [3.05, 3.63) is 33.9 Å². The molecule has 7 nitrogen and oxygen atoms in total. The number of hydrogen-bond acceptors (Lipinski definition) is 5. The number of non-ortho nitro benzene ring substituents is 1. The average molecular weight is 295 g/mol. The van der Waals surface area contributed by atoms with Crippen molar-refractivity contribution in [3.63, 3.8) is 0 Å². The second-order valence-corrected chi connectivity index (χ2v) is 5.08. The first-order chi connectivity index (χ1) is 9.91. The molecule has 0 aromatic heterocycles. The van der Waals surface area contributed by atoms with Crippen molar-refractivity contribution >= 4 is 17.3 Å². The number of nitrogens with two attached hydrogens (primary N) is 1. The van der Waals surface area contributed by atoms with Crippen molar-refractivity contribution in [3.8, 4) is 0 Å². The minimum atomic E-state index is -0.564. The molecule has 0 atom stereocenters. The van der Waals surface area contributed by atoms with E-state index >= 15 is 0 Å². The lowest BCUT2D eigenvalue weighted by molar-refractivity contribution is -0.384. The van der Waals surface area contributed by atoms with E-state index in [1.165, 1.54) is 18.2 Å². The molecule has 116 valence electrons. The maximum Gasteiger partial charge on any atom is 0.270 e. The van der Waals surface area contributed by atoms with Crippen LogP contribution in [0.1, 0.15) is 30.6 Å². The normalized spacial score (nSPS) is 10.6. The Morgan fingerprint density at radius 2 is 2.14 bits per heavy atom. The van der Waals surface area contributed by atoms with E-state index in [4.69, 9.17) is 10.5 Å². The molecule has 0 saturated carbocycles. The van der Waals surface area contributed by atoms with E-state index in [0.29, 0.717) is 25.7 Å². The number of ether oxygens (including phenoxy) is 1. The van der Waals surface area contributed by atoms with Gasteiger partial charge < -0.3 is 15.8 Å². The lowest BCUT2D eigenvalue weighted by Crippen LogP contribution is -2.28. The highest BCUT2D eigenvalue weighted by atomic mass is 16.6. The summed E-state index contributed by atoms with van der Waals surface area (Å²) in [6.07, 6.45) is 0.964. The van der Waals surface area contributed by atoms with E-state index in [2.05, 4.69) is 19.2 Å². The number of benzene rings is 1. The molecule has 0 heterocycles. The highest BCUT2D eigenvalue weighted by Gasteiger charge is 2.14. The first-order valence-electron chi connectivity index (χ1n) is 6.81. The molecule has 0 spiro atoms. The first kappa shape index (κ1) is 16.9. The lowest BCUT2D eigenvalue weighted by Gasteiger charge is -2.09. The van der Waals surface area contributed by atoms with Gasteiger partial charge in [-0.3, -0.25) is 14.9 Å². The molecule has 0 radical (unpaired) electrons. The van der Waals surface area contributed by atoms with Crippen molar-refractivity contribution in [2.45, 2.75) is 20.3 Å². The van der Waals surface area contributed by atoms with Crippen LogP contribution in [0.2, 0.25) is 0 Å². The average Bonchev–Trinajstić information content (AvgIpc) is 2.42. The summed E-state index contributed by atoms with van der Waals surface area (Å²) in [5.74, 6) is 0.132. The monoisotopic (exact) mass is 295 g/mol. The van der Waals surface area contributed by atoms with E-state index in [9.17, 15) is 14.9 Å². The second kappa shape index (κ2) is 8.21. The van der Waals surface area contributed by atoms with Gasteiger partial charge in [0.05, 0.1) is 17.1 Å². The Balaban J connectivity index is 2.45. The van der Waals surface area contributed by atoms with Crippen LogP contribution in [0.5, 0.6) is 0 Å². The molecule has 0 saturated heterocycles. The van der Waals surface area contributed by atoms with Gasteiger partial charge in [-0.2, -0.15) is 0 Å². The SMILES string of the molecule is CC(C)CCOCCNC(=O)c1cc([N+](=O)[O-])ccc1N. The zero-order chi connectivity index (χ0) is 15.8. The molecule has 1 aromatic carbocycles. The molecule has 1 rings (SSSR count). The third-order valence-corrected chi connectivity index (χ3v) is 2.86. The minimum absolute atomic E-state index is 0.103. The molecular formula is C14H21N3O4. The van der Waals surface area contributed by atoms with Gasteiger partial charge >= 0.3 is 0 Å². The third-order valence-electron chi connectivity index (χ3n) is 2.86. The molecule has 0 bridgehead atoms. The van der Waals surface area contributed by atoms with Gasteiger partial charge in [-0.15, -0.1) is 0 Å². The van der Waals surface area contributed by atoms with Gasteiger partial charge in [0.2, 0.25) is 0 Å². The van der Waals surface area contributed by atoms with Crippen molar-refractivity contribution in [1.82, 2.24) is 5.32 Å². The van der Waals surface area contributed by atoms with Crippen LogP contribution < -0.4 is 11.1 Å². The van der Waals surface area contributed by atoms with E-state index in [1.54, 1.807) is 0 Å². The number of nitro benzene ring substituents is 1. The molecule has 1 amide bonds. The van der Waals surface area contributed by atoms with Crippen molar-refractivity contribution in [2.75, 3.05) is 25.5 Å². The Morgan fingerprint density at radius 3 is 2.76 bits per heavy atom. The van der Waals surface area contributed by atoms with Crippen LogP contribution in [0.4, 0.5) is 11.4 Å². The summed E-state index contributed by atoms with van der Waals surface area (Å²) in [5, 5.41) is 13.3. The highest BCUT2D eigenvalue weighted by Crippen LogP contribution is 2.19. The van der Waals surface area contributed by atoms with E-state index in [1.807, 2.05) is 0 Å². The zero-order valence-corrected chi connectivity index (χ0v) is 12.3. The number of nitrogens with one attached hydrogen (secondary N) is 1. The molecule has 3 N–H and O–H groups in total. The standard InChI is InChI=1S/C14H21N3O4/c1-10(2)5-7-21-8-6-16-14(18)12-9-11(17(19)20)3-4-13(12)15/h3-4,9-10H,5-8,15H2,1-2H3,(H,16,18). The summed E-state index contributed by atoms with van der Waals surface area (Å²) in [6.45, 7) is 5.59. The second-order valence-electron chi connectivity index (χ2n) is 5.08. The lowest BCUT2D eigenvalue weighted by atomic mass is 10.1. The number of hydrogen-bond donors (Lipinski definition) is 2. The third kappa shape index (κ3) is 5.78. The predicted molar refractivity (Wildman–Crippen MR) is 80.1 cm³/mol. The molecular weight excluding hydrogens is 274 g/mol. The largest absolute Gasteiger partial charge is 0.398 e. The fourth-order valence-electron chi connectivity index (χ4n) is 1.61. The molecule has 0 unspecified atom stereocenters. The van der Waals surface area contributed by atoms with Crippen LogP contribution in [0, 0.1) is 16.0 Å². The number of nitrogen functional groups attached to an aromatic ring is 1. The Bertz CT molecular complexity index is 503. The number of carbonyl (C=O) groups excluding carboxylic acids is 1. The molecule has 0 fully saturated rings. The van der Waals surface area contributed by atoms with Gasteiger partial charge in [0.1, 0.15) is 0 Å². The molecule has 0 aliphatic rings. The van der Waals surface area contributed by atoms with Crippen LogP contribution in [-0.2, 0) is 4.74 Å². The molecule has 0 aliphatic heterocycles. The Hall–Kier alpha value is -2.15. The topological polar surface area (TPSA) is 107 Å². The molecule has 1 aromatic rings. The van der Waals surface area contributed by atoms with Crippen molar-refractivity contribution < 1.29 is 14.5 Å². The summed E-state index contributed by atoms with van der Waals surface area (Å²) >= 11 is 0. The van der Waals surface area contributed by atoms with Crippen LogP contribution in [0.25, 0.3) is 0 Å². The minimum Gasteiger partial charge on any atom is -0.398 e.